The van der Waals surface area contributed by atoms with Gasteiger partial charge < -0.3 is 0 Å². The third-order valence-electron chi connectivity index (χ3n) is 2.98. The monoisotopic (exact) mass is 461 g/mol. The number of nitrogens with zero attached hydrogens (tertiary/aromatic N) is 2. The largest absolute Gasteiger partial charge is 0.413 e. The van der Waals surface area contributed by atoms with Crippen LogP contribution in [0.3, 0.4) is 0 Å². The zero-order valence-corrected chi connectivity index (χ0v) is 15.1. The van der Waals surface area contributed by atoms with Crippen molar-refractivity contribution >= 4 is 53.7 Å². The van der Waals surface area contributed by atoms with Gasteiger partial charge in [-0.1, -0.05) is 24.3 Å². The molecule has 0 fully saturated rings. The Morgan fingerprint density at radius 2 is 1.57 bits per heavy atom. The van der Waals surface area contributed by atoms with Crippen LogP contribution in [0.4, 0.5) is 5.69 Å². The summed E-state index contributed by atoms with van der Waals surface area (Å²) < 4.78 is 32.7. The number of ketones is 1. The second-order valence-electron chi connectivity index (χ2n) is 4.37. The van der Waals surface area contributed by atoms with Crippen LogP contribution >= 0.6 is 31.9 Å². The maximum Gasteiger partial charge on any atom is 0.413 e. The first-order valence-corrected chi connectivity index (χ1v) is 8.84. The Morgan fingerprint density at radius 3 is 2.09 bits per heavy atom. The predicted molar refractivity (Wildman–Crippen MR) is 89.6 cm³/mol. The van der Waals surface area contributed by atoms with Crippen LogP contribution in [0.25, 0.3) is 16.1 Å². The standard InChI is InChI=1S/C13H5Br2N2O.H2O4S/c14-9-5-8-6-3-1-2-4-7(6)13(18)10(8)11(15)12(9)17-16;1-5(2,3)4/h1-5H;(H2,1,2,3,4)/q+1;. The molecule has 2 N–H and O–H groups in total. The second-order valence-corrected chi connectivity index (χ2v) is 6.91. The van der Waals surface area contributed by atoms with E-state index in [2.05, 4.69) is 36.8 Å². The summed E-state index contributed by atoms with van der Waals surface area (Å²) in [6.45, 7) is 0. The van der Waals surface area contributed by atoms with Gasteiger partial charge >= 0.3 is 16.1 Å². The number of carbonyl (C=O) groups is 1. The van der Waals surface area contributed by atoms with Crippen molar-refractivity contribution < 1.29 is 22.3 Å². The lowest BCUT2D eigenvalue weighted by atomic mass is 10.1. The summed E-state index contributed by atoms with van der Waals surface area (Å²) in [5, 5.41) is 8.99. The molecule has 0 aliphatic heterocycles. The third kappa shape index (κ3) is 3.65. The Labute approximate surface area is 147 Å². The average molecular weight is 463 g/mol. The van der Waals surface area contributed by atoms with Crippen LogP contribution in [-0.4, -0.2) is 23.3 Å². The molecule has 1 aliphatic rings. The molecule has 23 heavy (non-hydrogen) atoms. The van der Waals surface area contributed by atoms with Crippen LogP contribution in [-0.2, 0) is 10.4 Å². The minimum absolute atomic E-state index is 0.0510. The molecule has 0 amide bonds. The first kappa shape index (κ1) is 17.7. The molecule has 0 aromatic heterocycles. The molecule has 0 saturated carbocycles. The molecule has 3 rings (SSSR count). The predicted octanol–water partition coefficient (Wildman–Crippen LogP) is 4.25. The number of fused-ring (bicyclic) bond motifs is 3. The lowest BCUT2D eigenvalue weighted by Crippen LogP contribution is -1.96. The first-order chi connectivity index (χ1) is 10.6. The number of halogens is 2. The highest BCUT2D eigenvalue weighted by atomic mass is 79.9. The number of carbonyl (C=O) groups excluding carboxylic acids is 1. The Kier molecular flexibility index (Phi) is 4.98. The van der Waals surface area contributed by atoms with Crippen molar-refractivity contribution in [1.82, 2.24) is 0 Å². The van der Waals surface area contributed by atoms with Gasteiger partial charge in [-0.3, -0.25) is 13.9 Å². The van der Waals surface area contributed by atoms with Crippen molar-refractivity contribution in [1.29, 1.82) is 5.39 Å². The van der Waals surface area contributed by atoms with Crippen LogP contribution in [0.15, 0.2) is 39.3 Å². The van der Waals surface area contributed by atoms with E-state index >= 15 is 0 Å². The number of hydrogen-bond acceptors (Lipinski definition) is 4. The molecule has 0 bridgehead atoms. The minimum atomic E-state index is -4.67. The lowest BCUT2D eigenvalue weighted by Gasteiger charge is -2.00. The van der Waals surface area contributed by atoms with Crippen molar-refractivity contribution in [3.8, 4) is 11.1 Å². The molecule has 2 aromatic rings. The Balaban J connectivity index is 0.000000338. The Bertz CT molecular complexity index is 959. The van der Waals surface area contributed by atoms with Crippen LogP contribution in [0.1, 0.15) is 15.9 Å². The fraction of sp³-hybridized carbons (Fsp3) is 0. The van der Waals surface area contributed by atoms with Gasteiger partial charge in [0.2, 0.25) is 5.39 Å². The van der Waals surface area contributed by atoms with E-state index in [1.807, 2.05) is 18.2 Å². The van der Waals surface area contributed by atoms with Crippen molar-refractivity contribution in [2.45, 2.75) is 0 Å². The molecule has 10 heteroatoms. The van der Waals surface area contributed by atoms with Crippen LogP contribution in [0.5, 0.6) is 0 Å². The lowest BCUT2D eigenvalue weighted by molar-refractivity contribution is 0.104. The molecular formula is C13H7Br2N2O5S+. The molecule has 0 heterocycles. The Morgan fingerprint density at radius 1 is 1.04 bits per heavy atom. The van der Waals surface area contributed by atoms with Gasteiger partial charge in [0.25, 0.3) is 0 Å². The smallest absolute Gasteiger partial charge is 0.289 e. The minimum Gasteiger partial charge on any atom is -0.289 e. The summed E-state index contributed by atoms with van der Waals surface area (Å²) >= 11 is 6.68. The number of hydrogen-bond donors (Lipinski definition) is 2. The van der Waals surface area contributed by atoms with Gasteiger partial charge in [-0.25, -0.2) is 0 Å². The van der Waals surface area contributed by atoms with E-state index in [0.29, 0.717) is 25.8 Å². The van der Waals surface area contributed by atoms with E-state index in [9.17, 15) is 4.79 Å². The van der Waals surface area contributed by atoms with E-state index in [1.165, 1.54) is 0 Å². The van der Waals surface area contributed by atoms with E-state index in [4.69, 9.17) is 22.9 Å². The highest BCUT2D eigenvalue weighted by Gasteiger charge is 2.34. The van der Waals surface area contributed by atoms with Crippen molar-refractivity contribution in [2.75, 3.05) is 0 Å². The first-order valence-electron chi connectivity index (χ1n) is 5.86. The maximum absolute atomic E-state index is 12.3. The quantitative estimate of drug-likeness (QED) is 0.380. The van der Waals surface area contributed by atoms with Crippen LogP contribution in [0.2, 0.25) is 0 Å². The summed E-state index contributed by atoms with van der Waals surface area (Å²) in [5.41, 5.74) is 3.31. The second kappa shape index (κ2) is 6.46. The fourth-order valence-corrected chi connectivity index (χ4v) is 3.64. The van der Waals surface area contributed by atoms with Gasteiger partial charge in [0.1, 0.15) is 8.95 Å². The topological polar surface area (TPSA) is 120 Å². The van der Waals surface area contributed by atoms with Crippen molar-refractivity contribution in [3.05, 3.63) is 55.4 Å². The third-order valence-corrected chi connectivity index (χ3v) is 4.36. The number of benzene rings is 2. The van der Waals surface area contributed by atoms with Crippen LogP contribution < -0.4 is 0 Å². The highest BCUT2D eigenvalue weighted by molar-refractivity contribution is 9.11. The molecule has 0 spiro atoms. The van der Waals surface area contributed by atoms with Gasteiger partial charge in [0.15, 0.2) is 10.8 Å². The van der Waals surface area contributed by atoms with E-state index in [1.54, 1.807) is 12.1 Å². The normalized spacial score (nSPS) is 11.9. The van der Waals surface area contributed by atoms with Gasteiger partial charge in [0, 0.05) is 5.56 Å². The molecule has 118 valence electrons. The van der Waals surface area contributed by atoms with E-state index in [0.717, 1.165) is 11.1 Å². The summed E-state index contributed by atoms with van der Waals surface area (Å²) in [6.07, 6.45) is 0. The van der Waals surface area contributed by atoms with Gasteiger partial charge in [-0.15, -0.1) is 0 Å². The van der Waals surface area contributed by atoms with Gasteiger partial charge in [-0.05, 0) is 49.1 Å². The molecular weight excluding hydrogens is 456 g/mol. The summed E-state index contributed by atoms with van der Waals surface area (Å²) in [5.74, 6) is -0.0510. The maximum atomic E-state index is 12.3. The molecule has 7 nitrogen and oxygen atoms in total. The molecule has 0 atom stereocenters. The summed E-state index contributed by atoms with van der Waals surface area (Å²) in [4.78, 5) is 15.5. The van der Waals surface area contributed by atoms with Gasteiger partial charge in [-0.2, -0.15) is 8.42 Å². The van der Waals surface area contributed by atoms with Gasteiger partial charge in [0.05, 0.1) is 5.56 Å². The molecule has 2 aromatic carbocycles. The van der Waals surface area contributed by atoms with Crippen LogP contribution in [0, 0.1) is 5.39 Å². The molecule has 0 radical (unpaired) electrons. The van der Waals surface area contributed by atoms with E-state index < -0.39 is 10.4 Å². The van der Waals surface area contributed by atoms with Crippen molar-refractivity contribution in [2.24, 2.45) is 0 Å². The Hall–Kier alpha value is -1.64. The molecule has 0 saturated heterocycles. The average Bonchev–Trinajstić information content (AvgIpc) is 2.71. The highest BCUT2D eigenvalue weighted by Crippen LogP contribution is 2.47. The molecule has 1 aliphatic carbocycles. The SMILES string of the molecule is N#[N+]c1c(Br)cc2c(c1Br)C(=O)c1ccccc1-2.O=S(=O)(O)O. The number of diazo groups is 1. The zero-order valence-electron chi connectivity index (χ0n) is 11.1. The number of rotatable bonds is 0. The summed E-state index contributed by atoms with van der Waals surface area (Å²) in [7, 11) is -4.67. The zero-order chi connectivity index (χ0) is 17.4. The van der Waals surface area contributed by atoms with E-state index in [-0.39, 0.29) is 5.78 Å². The molecule has 0 unspecified atom stereocenters. The summed E-state index contributed by atoms with van der Waals surface area (Å²) in [6, 6.07) is 9.25. The van der Waals surface area contributed by atoms with Crippen molar-refractivity contribution in [3.63, 3.8) is 0 Å². The fourth-order valence-electron chi connectivity index (χ4n) is 2.19.